The smallest absolute Gasteiger partial charge is 0.289 e. The van der Waals surface area contributed by atoms with Crippen molar-refractivity contribution in [2.24, 2.45) is 5.92 Å². The Morgan fingerprint density at radius 2 is 1.87 bits per heavy atom. The maximum atomic E-state index is 13.0. The summed E-state index contributed by atoms with van der Waals surface area (Å²) in [6, 6.07) is 13.8. The highest BCUT2D eigenvalue weighted by molar-refractivity contribution is 5.92. The maximum absolute atomic E-state index is 13.0. The second kappa shape index (κ2) is 9.91. The number of hydrogen-bond acceptors (Lipinski definition) is 5. The molecule has 7 heteroatoms. The Kier molecular flexibility index (Phi) is 6.81. The first-order chi connectivity index (χ1) is 14.7. The number of amides is 2. The van der Waals surface area contributed by atoms with Gasteiger partial charge in [-0.25, -0.2) is 0 Å². The van der Waals surface area contributed by atoms with E-state index in [4.69, 9.17) is 9.15 Å². The predicted molar refractivity (Wildman–Crippen MR) is 112 cm³/mol. The Labute approximate surface area is 177 Å². The van der Waals surface area contributed by atoms with Gasteiger partial charge in [-0.3, -0.25) is 14.5 Å². The van der Waals surface area contributed by atoms with Gasteiger partial charge in [0.1, 0.15) is 0 Å². The number of ether oxygens (including phenoxy) is 1. The molecule has 0 aliphatic carbocycles. The first kappa shape index (κ1) is 20.6. The third-order valence-corrected chi connectivity index (χ3v) is 5.95. The quantitative estimate of drug-likeness (QED) is 0.790. The lowest BCUT2D eigenvalue weighted by molar-refractivity contribution is -0.126. The second-order valence-electron chi connectivity index (χ2n) is 7.89. The molecule has 2 unspecified atom stereocenters. The molecule has 2 aliphatic rings. The van der Waals surface area contributed by atoms with Crippen LogP contribution in [0.5, 0.6) is 0 Å². The van der Waals surface area contributed by atoms with Crippen LogP contribution in [0.1, 0.15) is 35.0 Å². The van der Waals surface area contributed by atoms with Gasteiger partial charge in [0.05, 0.1) is 31.4 Å². The van der Waals surface area contributed by atoms with Gasteiger partial charge in [0.25, 0.3) is 5.91 Å². The molecule has 2 saturated heterocycles. The van der Waals surface area contributed by atoms with Gasteiger partial charge in [-0.15, -0.1) is 0 Å². The first-order valence-electron chi connectivity index (χ1n) is 10.7. The maximum Gasteiger partial charge on any atom is 0.289 e. The first-order valence-corrected chi connectivity index (χ1v) is 10.7. The van der Waals surface area contributed by atoms with Crippen LogP contribution in [0.15, 0.2) is 53.1 Å². The van der Waals surface area contributed by atoms with Crippen molar-refractivity contribution in [1.82, 2.24) is 15.1 Å². The highest BCUT2D eigenvalue weighted by Gasteiger charge is 2.31. The standard InChI is InChI=1S/C23H29N3O4/c27-22(19-8-4-10-26(17-19)23(28)21-9-5-13-30-21)24-16-20(18-6-2-1-3-7-18)25-11-14-29-15-12-25/h1-3,5-7,9,13,19-20H,4,8,10-12,14-17H2,(H,24,27). The van der Waals surface area contributed by atoms with Crippen molar-refractivity contribution in [2.45, 2.75) is 18.9 Å². The number of furan rings is 1. The summed E-state index contributed by atoms with van der Waals surface area (Å²) in [4.78, 5) is 29.6. The Bertz CT molecular complexity index is 818. The molecule has 30 heavy (non-hydrogen) atoms. The van der Waals surface area contributed by atoms with Crippen molar-refractivity contribution in [2.75, 3.05) is 45.9 Å². The van der Waals surface area contributed by atoms with E-state index in [0.717, 1.165) is 25.9 Å². The van der Waals surface area contributed by atoms with E-state index in [1.165, 1.54) is 11.8 Å². The third-order valence-electron chi connectivity index (χ3n) is 5.95. The monoisotopic (exact) mass is 411 g/mol. The Morgan fingerprint density at radius 3 is 2.60 bits per heavy atom. The van der Waals surface area contributed by atoms with Crippen LogP contribution in [0.3, 0.4) is 0 Å². The van der Waals surface area contributed by atoms with Crippen LogP contribution in [-0.2, 0) is 9.53 Å². The van der Waals surface area contributed by atoms with Gasteiger partial charge < -0.3 is 19.4 Å². The second-order valence-corrected chi connectivity index (χ2v) is 7.89. The molecule has 2 aromatic rings. The number of nitrogens with zero attached hydrogens (tertiary/aromatic N) is 2. The molecule has 2 aliphatic heterocycles. The fourth-order valence-corrected chi connectivity index (χ4v) is 4.30. The molecular weight excluding hydrogens is 382 g/mol. The largest absolute Gasteiger partial charge is 0.459 e. The van der Waals surface area contributed by atoms with E-state index >= 15 is 0 Å². The normalized spacial score (nSPS) is 21.2. The number of carbonyl (C=O) groups excluding carboxylic acids is 2. The topological polar surface area (TPSA) is 75.0 Å². The predicted octanol–water partition coefficient (Wildman–Crippen LogP) is 2.32. The van der Waals surface area contributed by atoms with Crippen LogP contribution in [0.25, 0.3) is 0 Å². The lowest BCUT2D eigenvalue weighted by Crippen LogP contribution is -2.48. The molecule has 4 rings (SSSR count). The van der Waals surface area contributed by atoms with E-state index in [0.29, 0.717) is 38.6 Å². The number of rotatable bonds is 6. The molecule has 2 atom stereocenters. The SMILES string of the molecule is O=C(NCC(c1ccccc1)N1CCOCC1)C1CCCN(C(=O)c2ccco2)C1. The molecule has 0 spiro atoms. The zero-order valence-corrected chi connectivity index (χ0v) is 17.2. The fraction of sp³-hybridized carbons (Fsp3) is 0.478. The number of piperidine rings is 1. The molecule has 1 N–H and O–H groups in total. The third kappa shape index (κ3) is 4.91. The van der Waals surface area contributed by atoms with Gasteiger partial charge in [0.2, 0.25) is 5.91 Å². The van der Waals surface area contributed by atoms with Gasteiger partial charge >= 0.3 is 0 Å². The van der Waals surface area contributed by atoms with Crippen molar-refractivity contribution in [3.05, 3.63) is 60.1 Å². The van der Waals surface area contributed by atoms with E-state index in [2.05, 4.69) is 22.3 Å². The molecule has 160 valence electrons. The minimum atomic E-state index is -0.196. The molecule has 1 aromatic heterocycles. The fourth-order valence-electron chi connectivity index (χ4n) is 4.30. The molecule has 3 heterocycles. The van der Waals surface area contributed by atoms with Crippen LogP contribution in [-0.4, -0.2) is 67.6 Å². The number of carbonyl (C=O) groups is 2. The molecule has 0 bridgehead atoms. The highest BCUT2D eigenvalue weighted by Crippen LogP contribution is 2.23. The van der Waals surface area contributed by atoms with Crippen molar-refractivity contribution in [1.29, 1.82) is 0 Å². The van der Waals surface area contributed by atoms with Gasteiger partial charge in [-0.05, 0) is 30.5 Å². The van der Waals surface area contributed by atoms with Crippen molar-refractivity contribution in [3.63, 3.8) is 0 Å². The van der Waals surface area contributed by atoms with Crippen LogP contribution in [0.2, 0.25) is 0 Å². The van der Waals surface area contributed by atoms with Gasteiger partial charge in [0.15, 0.2) is 5.76 Å². The Balaban J connectivity index is 1.37. The minimum Gasteiger partial charge on any atom is -0.459 e. The number of nitrogens with one attached hydrogen (secondary N) is 1. The van der Waals surface area contributed by atoms with E-state index < -0.39 is 0 Å². The van der Waals surface area contributed by atoms with Gasteiger partial charge in [0, 0.05) is 32.7 Å². The van der Waals surface area contributed by atoms with Crippen LogP contribution in [0, 0.1) is 5.92 Å². The van der Waals surface area contributed by atoms with Crippen LogP contribution in [0.4, 0.5) is 0 Å². The lowest BCUT2D eigenvalue weighted by atomic mass is 9.96. The van der Waals surface area contributed by atoms with E-state index in [-0.39, 0.29) is 23.8 Å². The Morgan fingerprint density at radius 1 is 1.07 bits per heavy atom. The summed E-state index contributed by atoms with van der Waals surface area (Å²) in [5.74, 6) is 0.000376. The van der Waals surface area contributed by atoms with E-state index in [1.807, 2.05) is 18.2 Å². The molecule has 0 radical (unpaired) electrons. The summed E-state index contributed by atoms with van der Waals surface area (Å²) >= 11 is 0. The highest BCUT2D eigenvalue weighted by atomic mass is 16.5. The van der Waals surface area contributed by atoms with Crippen molar-refractivity contribution >= 4 is 11.8 Å². The number of benzene rings is 1. The molecule has 2 fully saturated rings. The molecule has 0 saturated carbocycles. The molecule has 2 amide bonds. The average Bonchev–Trinajstić information content (AvgIpc) is 3.35. The average molecular weight is 412 g/mol. The van der Waals surface area contributed by atoms with E-state index in [9.17, 15) is 9.59 Å². The summed E-state index contributed by atoms with van der Waals surface area (Å²) < 4.78 is 10.7. The summed E-state index contributed by atoms with van der Waals surface area (Å²) in [7, 11) is 0. The van der Waals surface area contributed by atoms with Crippen molar-refractivity contribution < 1.29 is 18.7 Å². The number of morpholine rings is 1. The zero-order valence-electron chi connectivity index (χ0n) is 17.2. The molecule has 7 nitrogen and oxygen atoms in total. The summed E-state index contributed by atoms with van der Waals surface area (Å²) in [6.07, 6.45) is 3.11. The number of hydrogen-bond donors (Lipinski definition) is 1. The van der Waals surface area contributed by atoms with Gasteiger partial charge in [-0.1, -0.05) is 30.3 Å². The van der Waals surface area contributed by atoms with Crippen LogP contribution >= 0.6 is 0 Å². The summed E-state index contributed by atoms with van der Waals surface area (Å²) in [6.45, 7) is 4.76. The summed E-state index contributed by atoms with van der Waals surface area (Å²) in [5, 5.41) is 3.16. The molecule has 1 aromatic carbocycles. The summed E-state index contributed by atoms with van der Waals surface area (Å²) in [5.41, 5.74) is 1.19. The van der Waals surface area contributed by atoms with Crippen LogP contribution < -0.4 is 5.32 Å². The number of likely N-dealkylation sites (tertiary alicyclic amines) is 1. The Hall–Kier alpha value is -2.64. The lowest BCUT2D eigenvalue weighted by Gasteiger charge is -2.36. The zero-order chi connectivity index (χ0) is 20.8. The van der Waals surface area contributed by atoms with Gasteiger partial charge in [-0.2, -0.15) is 0 Å². The minimum absolute atomic E-state index is 0.0149. The molecular formula is C23H29N3O4. The van der Waals surface area contributed by atoms with Crippen molar-refractivity contribution in [3.8, 4) is 0 Å². The van der Waals surface area contributed by atoms with E-state index in [1.54, 1.807) is 17.0 Å².